The van der Waals surface area contributed by atoms with Crippen molar-refractivity contribution in [3.05, 3.63) is 70.8 Å². The number of hydrogen-bond acceptors (Lipinski definition) is 4. The van der Waals surface area contributed by atoms with Gasteiger partial charge in [-0.1, -0.05) is 48.5 Å². The van der Waals surface area contributed by atoms with Crippen LogP contribution in [-0.4, -0.2) is 41.1 Å². The van der Waals surface area contributed by atoms with Gasteiger partial charge in [-0.25, -0.2) is 0 Å². The number of nitrogens with one attached hydrogen (secondary N) is 1. The van der Waals surface area contributed by atoms with Gasteiger partial charge in [-0.3, -0.25) is 9.69 Å². The van der Waals surface area contributed by atoms with Crippen LogP contribution in [0, 0.1) is 0 Å². The van der Waals surface area contributed by atoms with Crippen molar-refractivity contribution in [2.45, 2.75) is 56.8 Å². The van der Waals surface area contributed by atoms with Crippen molar-refractivity contribution in [2.24, 2.45) is 5.73 Å². The average Bonchev–Trinajstić information content (AvgIpc) is 3.39. The van der Waals surface area contributed by atoms with Crippen LogP contribution in [0.15, 0.2) is 48.5 Å². The summed E-state index contributed by atoms with van der Waals surface area (Å²) in [6, 6.07) is 16.2. The third-order valence-electron chi connectivity index (χ3n) is 6.57. The lowest BCUT2D eigenvalue weighted by Gasteiger charge is -2.24. The highest BCUT2D eigenvalue weighted by molar-refractivity contribution is 5.83. The summed E-state index contributed by atoms with van der Waals surface area (Å²) in [5.74, 6) is 0.00673. The van der Waals surface area contributed by atoms with E-state index in [1.165, 1.54) is 16.7 Å². The molecule has 29 heavy (non-hydrogen) atoms. The molecule has 0 spiro atoms. The largest absolute Gasteiger partial charge is 0.395 e. The molecule has 0 aromatic heterocycles. The van der Waals surface area contributed by atoms with Crippen molar-refractivity contribution >= 4 is 5.91 Å². The molecule has 0 saturated carbocycles. The molecule has 2 aliphatic rings. The van der Waals surface area contributed by atoms with Crippen LogP contribution in [-0.2, 0) is 24.3 Å². The number of aliphatic hydroxyl groups is 1. The molecule has 1 saturated heterocycles. The van der Waals surface area contributed by atoms with Gasteiger partial charge in [0, 0.05) is 25.0 Å². The molecule has 154 valence electrons. The molecule has 1 fully saturated rings. The fourth-order valence-corrected chi connectivity index (χ4v) is 4.86. The maximum atomic E-state index is 12.8. The molecular formula is C24H31N3O2. The number of carbonyl (C=O) groups excluding carboxylic acids is 1. The molecular weight excluding hydrogens is 362 g/mol. The number of fused-ring (bicyclic) bond motifs is 1. The van der Waals surface area contributed by atoms with E-state index >= 15 is 0 Å². The SMILES string of the molecule is NC(C(=O)NCc1ccccc1CN1CCCC1CO)C1CCc2ccccc21. The first-order valence-electron chi connectivity index (χ1n) is 10.7. The maximum Gasteiger partial charge on any atom is 0.237 e. The highest BCUT2D eigenvalue weighted by Crippen LogP contribution is 2.34. The Labute approximate surface area is 172 Å². The maximum absolute atomic E-state index is 12.8. The molecule has 3 unspecified atom stereocenters. The Balaban J connectivity index is 1.38. The molecule has 3 atom stereocenters. The number of benzene rings is 2. The van der Waals surface area contributed by atoms with E-state index in [-0.39, 0.29) is 24.5 Å². The fourth-order valence-electron chi connectivity index (χ4n) is 4.86. The Morgan fingerprint density at radius 2 is 1.90 bits per heavy atom. The molecule has 4 rings (SSSR count). The van der Waals surface area contributed by atoms with E-state index in [1.54, 1.807) is 0 Å². The summed E-state index contributed by atoms with van der Waals surface area (Å²) in [5, 5.41) is 12.6. The van der Waals surface area contributed by atoms with Crippen LogP contribution in [0.4, 0.5) is 0 Å². The van der Waals surface area contributed by atoms with Gasteiger partial charge in [0.2, 0.25) is 5.91 Å². The first-order valence-corrected chi connectivity index (χ1v) is 10.7. The van der Waals surface area contributed by atoms with E-state index in [2.05, 4.69) is 34.5 Å². The summed E-state index contributed by atoms with van der Waals surface area (Å²) < 4.78 is 0. The van der Waals surface area contributed by atoms with Crippen molar-refractivity contribution in [3.63, 3.8) is 0 Å². The van der Waals surface area contributed by atoms with E-state index in [0.717, 1.165) is 44.3 Å². The van der Waals surface area contributed by atoms with Crippen molar-refractivity contribution in [1.82, 2.24) is 10.2 Å². The van der Waals surface area contributed by atoms with Crippen LogP contribution >= 0.6 is 0 Å². The Kier molecular flexibility index (Phi) is 6.28. The summed E-state index contributed by atoms with van der Waals surface area (Å²) in [6.07, 6.45) is 4.10. The zero-order valence-electron chi connectivity index (χ0n) is 16.9. The lowest BCUT2D eigenvalue weighted by molar-refractivity contribution is -0.123. The zero-order valence-corrected chi connectivity index (χ0v) is 16.9. The van der Waals surface area contributed by atoms with E-state index in [4.69, 9.17) is 5.73 Å². The number of rotatable bonds is 7. The molecule has 2 aromatic rings. The molecule has 0 bridgehead atoms. The molecule has 2 aromatic carbocycles. The molecule has 1 aliphatic carbocycles. The molecule has 4 N–H and O–H groups in total. The molecule has 1 amide bonds. The predicted molar refractivity (Wildman–Crippen MR) is 114 cm³/mol. The number of hydrogen-bond donors (Lipinski definition) is 3. The normalized spacial score (nSPS) is 22.4. The minimum Gasteiger partial charge on any atom is -0.395 e. The zero-order chi connectivity index (χ0) is 20.2. The Morgan fingerprint density at radius 1 is 1.14 bits per heavy atom. The monoisotopic (exact) mass is 393 g/mol. The third-order valence-corrected chi connectivity index (χ3v) is 6.57. The summed E-state index contributed by atoms with van der Waals surface area (Å²) in [4.78, 5) is 15.1. The van der Waals surface area contributed by atoms with Gasteiger partial charge < -0.3 is 16.2 Å². The lowest BCUT2D eigenvalue weighted by Crippen LogP contribution is -2.44. The van der Waals surface area contributed by atoms with Gasteiger partial charge in [0.05, 0.1) is 12.6 Å². The third kappa shape index (κ3) is 4.37. The Hall–Kier alpha value is -2.21. The van der Waals surface area contributed by atoms with Gasteiger partial charge in [0.1, 0.15) is 0 Å². The van der Waals surface area contributed by atoms with Crippen LogP contribution in [0.25, 0.3) is 0 Å². The molecule has 5 nitrogen and oxygen atoms in total. The van der Waals surface area contributed by atoms with Gasteiger partial charge in [0.15, 0.2) is 0 Å². The smallest absolute Gasteiger partial charge is 0.237 e. The minimum absolute atomic E-state index is 0.0871. The van der Waals surface area contributed by atoms with Gasteiger partial charge in [-0.2, -0.15) is 0 Å². The summed E-state index contributed by atoms with van der Waals surface area (Å²) in [5.41, 5.74) is 11.2. The standard InChI is InChI=1S/C24H31N3O2/c25-23(22-12-11-17-6-3-4-10-21(17)22)24(29)26-14-18-7-1-2-8-19(18)15-27-13-5-9-20(27)16-28/h1-4,6-8,10,20,22-23,28H,5,9,11-16,25H2,(H,26,29). The van der Waals surface area contributed by atoms with Gasteiger partial charge in [-0.05, 0) is 54.5 Å². The first kappa shape index (κ1) is 20.1. The first-order chi connectivity index (χ1) is 14.2. The number of carbonyl (C=O) groups is 1. The van der Waals surface area contributed by atoms with Crippen LogP contribution < -0.4 is 11.1 Å². The van der Waals surface area contributed by atoms with Crippen LogP contribution in [0.3, 0.4) is 0 Å². The van der Waals surface area contributed by atoms with Gasteiger partial charge in [-0.15, -0.1) is 0 Å². The van der Waals surface area contributed by atoms with E-state index in [9.17, 15) is 9.90 Å². The summed E-state index contributed by atoms with van der Waals surface area (Å²) in [6.45, 7) is 2.50. The lowest BCUT2D eigenvalue weighted by atomic mass is 9.93. The molecule has 1 aliphatic heterocycles. The predicted octanol–water partition coefficient (Wildman–Crippen LogP) is 2.32. The number of aryl methyl sites for hydroxylation is 1. The summed E-state index contributed by atoms with van der Waals surface area (Å²) in [7, 11) is 0. The fraction of sp³-hybridized carbons (Fsp3) is 0.458. The topological polar surface area (TPSA) is 78.6 Å². The second-order valence-electron chi connectivity index (χ2n) is 8.31. The van der Waals surface area contributed by atoms with Crippen molar-refractivity contribution in [1.29, 1.82) is 0 Å². The number of amides is 1. The van der Waals surface area contributed by atoms with E-state index in [0.29, 0.717) is 6.54 Å². The second kappa shape index (κ2) is 9.08. The number of nitrogens with zero attached hydrogens (tertiary/aromatic N) is 1. The summed E-state index contributed by atoms with van der Waals surface area (Å²) >= 11 is 0. The van der Waals surface area contributed by atoms with Crippen molar-refractivity contribution < 1.29 is 9.90 Å². The Morgan fingerprint density at radius 3 is 2.72 bits per heavy atom. The minimum atomic E-state index is -0.525. The molecule has 0 radical (unpaired) electrons. The number of aliphatic hydroxyl groups excluding tert-OH is 1. The van der Waals surface area contributed by atoms with Crippen molar-refractivity contribution in [2.75, 3.05) is 13.2 Å². The van der Waals surface area contributed by atoms with Crippen molar-refractivity contribution in [3.8, 4) is 0 Å². The Bertz CT molecular complexity index is 854. The van der Waals surface area contributed by atoms with Gasteiger partial charge >= 0.3 is 0 Å². The highest BCUT2D eigenvalue weighted by Gasteiger charge is 2.31. The highest BCUT2D eigenvalue weighted by atomic mass is 16.3. The van der Waals surface area contributed by atoms with Crippen LogP contribution in [0.5, 0.6) is 0 Å². The second-order valence-corrected chi connectivity index (χ2v) is 8.31. The van der Waals surface area contributed by atoms with E-state index in [1.807, 2.05) is 24.3 Å². The molecule has 5 heteroatoms. The number of nitrogens with two attached hydrogens (primary N) is 1. The van der Waals surface area contributed by atoms with Crippen LogP contribution in [0.1, 0.15) is 47.4 Å². The van der Waals surface area contributed by atoms with E-state index < -0.39 is 6.04 Å². The average molecular weight is 394 g/mol. The van der Waals surface area contributed by atoms with Crippen LogP contribution in [0.2, 0.25) is 0 Å². The number of likely N-dealkylation sites (tertiary alicyclic amines) is 1. The quantitative estimate of drug-likeness (QED) is 0.675. The van der Waals surface area contributed by atoms with Gasteiger partial charge in [0.25, 0.3) is 0 Å². The molecule has 1 heterocycles.